The summed E-state index contributed by atoms with van der Waals surface area (Å²) in [6, 6.07) is 17.7. The first-order valence-corrected chi connectivity index (χ1v) is 13.5. The van der Waals surface area contributed by atoms with Gasteiger partial charge in [0.05, 0.1) is 34.8 Å². The molecule has 1 atom stereocenters. The molecule has 3 aromatic carbocycles. The number of nitrogens with zero attached hydrogens (tertiary/aromatic N) is 1. The molecule has 0 saturated carbocycles. The Hall–Kier alpha value is -3.84. The Morgan fingerprint density at radius 1 is 1.14 bits per heavy atom. The van der Waals surface area contributed by atoms with Gasteiger partial charge in [0.2, 0.25) is 15.9 Å². The van der Waals surface area contributed by atoms with Crippen molar-refractivity contribution >= 4 is 49.0 Å². The summed E-state index contributed by atoms with van der Waals surface area (Å²) >= 11 is 1.37. The van der Waals surface area contributed by atoms with Crippen LogP contribution < -0.4 is 26.2 Å². The van der Waals surface area contributed by atoms with Gasteiger partial charge in [-0.25, -0.2) is 18.1 Å². The Labute approximate surface area is 218 Å². The van der Waals surface area contributed by atoms with E-state index >= 15 is 0 Å². The number of sulfonamides is 1. The number of anilines is 1. The van der Waals surface area contributed by atoms with Crippen LogP contribution >= 0.6 is 11.3 Å². The average Bonchev–Trinajstić information content (AvgIpc) is 3.32. The minimum absolute atomic E-state index is 0.0310. The van der Waals surface area contributed by atoms with E-state index in [2.05, 4.69) is 15.0 Å². The number of nitrogen functional groups attached to an aromatic ring is 1. The monoisotopic (exact) mass is 538 g/mol. The summed E-state index contributed by atoms with van der Waals surface area (Å²) in [5, 5.41) is 10.9. The number of carbonyl (C=O) groups is 1. The zero-order valence-electron chi connectivity index (χ0n) is 19.9. The van der Waals surface area contributed by atoms with Crippen molar-refractivity contribution in [1.29, 1.82) is 5.41 Å². The second-order valence-corrected chi connectivity index (χ2v) is 10.9. The maximum atomic E-state index is 13.4. The molecular formula is C25H26N6O4S2. The normalized spacial score (nSPS) is 12.3. The quantitative estimate of drug-likeness (QED) is 0.152. The molecule has 4 aromatic rings. The molecule has 0 radical (unpaired) electrons. The van der Waals surface area contributed by atoms with E-state index in [0.717, 1.165) is 15.8 Å². The predicted molar refractivity (Wildman–Crippen MR) is 145 cm³/mol. The molecule has 0 bridgehead atoms. The van der Waals surface area contributed by atoms with E-state index in [1.165, 1.54) is 35.6 Å². The van der Waals surface area contributed by atoms with E-state index in [4.69, 9.17) is 21.6 Å². The third-order valence-electron chi connectivity index (χ3n) is 5.52. The zero-order chi connectivity index (χ0) is 26.6. The Bertz CT molecular complexity index is 1550. The number of amides is 1. The number of ether oxygens (including phenoxy) is 1. The number of rotatable bonds is 10. The molecule has 192 valence electrons. The van der Waals surface area contributed by atoms with Crippen molar-refractivity contribution in [2.24, 2.45) is 11.5 Å². The smallest absolute Gasteiger partial charge is 0.241 e. The maximum Gasteiger partial charge on any atom is 0.241 e. The first-order valence-electron chi connectivity index (χ1n) is 11.2. The lowest BCUT2D eigenvalue weighted by Gasteiger charge is -2.18. The molecule has 0 spiro atoms. The van der Waals surface area contributed by atoms with Crippen molar-refractivity contribution in [2.45, 2.75) is 17.4 Å². The minimum atomic E-state index is -3.97. The van der Waals surface area contributed by atoms with Gasteiger partial charge in [-0.05, 0) is 60.5 Å². The van der Waals surface area contributed by atoms with Crippen LogP contribution in [0, 0.1) is 5.41 Å². The molecule has 4 rings (SSSR count). The Balaban J connectivity index is 1.68. The zero-order valence-corrected chi connectivity index (χ0v) is 21.5. The lowest BCUT2D eigenvalue weighted by atomic mass is 10.0. The summed E-state index contributed by atoms with van der Waals surface area (Å²) in [6.45, 7) is -0.178. The summed E-state index contributed by atoms with van der Waals surface area (Å²) in [5.74, 6) is 0.220. The highest BCUT2D eigenvalue weighted by atomic mass is 32.2. The van der Waals surface area contributed by atoms with Gasteiger partial charge < -0.3 is 21.5 Å². The molecule has 0 aliphatic carbocycles. The highest BCUT2D eigenvalue weighted by molar-refractivity contribution is 7.89. The number of thiazole rings is 1. The molecule has 0 fully saturated rings. The van der Waals surface area contributed by atoms with E-state index in [-0.39, 0.29) is 29.6 Å². The van der Waals surface area contributed by atoms with Gasteiger partial charge in [0.25, 0.3) is 0 Å². The van der Waals surface area contributed by atoms with Crippen molar-refractivity contribution in [3.05, 3.63) is 82.9 Å². The topological polar surface area (TPSA) is 173 Å². The molecule has 1 heterocycles. The Morgan fingerprint density at radius 2 is 1.89 bits per heavy atom. The number of nitrogens with one attached hydrogen (secondary N) is 3. The average molecular weight is 539 g/mol. The van der Waals surface area contributed by atoms with E-state index in [1.54, 1.807) is 31.4 Å². The van der Waals surface area contributed by atoms with Crippen molar-refractivity contribution in [2.75, 3.05) is 19.0 Å². The minimum Gasteiger partial charge on any atom is -0.497 e. The van der Waals surface area contributed by atoms with Crippen LogP contribution in [-0.2, 0) is 21.2 Å². The van der Waals surface area contributed by atoms with Crippen molar-refractivity contribution in [3.63, 3.8) is 0 Å². The standard InChI is InChI=1S/C25H26N6O4S2/c1-35-18-7-10-20-22(13-18)36-25(30-20)21(12-15-3-2-4-16(11-15)24(27)28)31-37(33,34)19-8-5-17(6-9-19)29-23(32)14-26/h2-11,13,21,31H,12,14,26H2,1H3,(H3,27,28)(H,29,32)/t21-/m1/s1. The molecule has 0 unspecified atom stereocenters. The van der Waals surface area contributed by atoms with Crippen LogP contribution in [0.2, 0.25) is 0 Å². The maximum absolute atomic E-state index is 13.4. The highest BCUT2D eigenvalue weighted by Crippen LogP contribution is 2.32. The number of carbonyl (C=O) groups excluding carboxylic acids is 1. The van der Waals surface area contributed by atoms with Gasteiger partial charge in [-0.3, -0.25) is 10.2 Å². The van der Waals surface area contributed by atoms with Crippen LogP contribution in [0.3, 0.4) is 0 Å². The number of benzene rings is 3. The number of hydrogen-bond donors (Lipinski definition) is 5. The molecular weight excluding hydrogens is 512 g/mol. The third kappa shape index (κ3) is 6.30. The second kappa shape index (κ2) is 11.0. The first kappa shape index (κ1) is 26.2. The summed E-state index contributed by atoms with van der Waals surface area (Å²) in [7, 11) is -2.39. The highest BCUT2D eigenvalue weighted by Gasteiger charge is 2.25. The van der Waals surface area contributed by atoms with Gasteiger partial charge in [-0.15, -0.1) is 11.3 Å². The lowest BCUT2D eigenvalue weighted by molar-refractivity contribution is -0.114. The van der Waals surface area contributed by atoms with Gasteiger partial charge in [0.1, 0.15) is 16.6 Å². The molecule has 1 amide bonds. The number of methoxy groups -OCH3 is 1. The Morgan fingerprint density at radius 3 is 2.57 bits per heavy atom. The fraction of sp³-hybridized carbons (Fsp3) is 0.160. The molecule has 0 saturated heterocycles. The van der Waals surface area contributed by atoms with Gasteiger partial charge >= 0.3 is 0 Å². The largest absolute Gasteiger partial charge is 0.497 e. The van der Waals surface area contributed by atoms with Crippen LogP contribution in [-0.4, -0.2) is 38.8 Å². The molecule has 7 N–H and O–H groups in total. The van der Waals surface area contributed by atoms with E-state index in [1.807, 2.05) is 18.2 Å². The SMILES string of the molecule is COc1ccc2nc([C@@H](Cc3cccc(C(=N)N)c3)NS(=O)(=O)c3ccc(NC(=O)CN)cc3)sc2c1. The van der Waals surface area contributed by atoms with Gasteiger partial charge in [0.15, 0.2) is 0 Å². The molecule has 10 nitrogen and oxygen atoms in total. The summed E-state index contributed by atoms with van der Waals surface area (Å²) in [5.41, 5.74) is 13.5. The lowest BCUT2D eigenvalue weighted by Crippen LogP contribution is -2.30. The number of aromatic nitrogens is 1. The second-order valence-electron chi connectivity index (χ2n) is 8.15. The molecule has 37 heavy (non-hydrogen) atoms. The molecule has 0 aliphatic heterocycles. The van der Waals surface area contributed by atoms with Crippen LogP contribution in [0.4, 0.5) is 5.69 Å². The van der Waals surface area contributed by atoms with Gasteiger partial charge in [-0.1, -0.05) is 18.2 Å². The third-order valence-corrected chi connectivity index (χ3v) is 8.14. The van der Waals surface area contributed by atoms with Crippen LogP contribution in [0.1, 0.15) is 22.2 Å². The van der Waals surface area contributed by atoms with Crippen LogP contribution in [0.15, 0.2) is 71.6 Å². The summed E-state index contributed by atoms with van der Waals surface area (Å²) in [4.78, 5) is 16.2. The number of hydrogen-bond acceptors (Lipinski definition) is 8. The number of nitrogens with two attached hydrogens (primary N) is 2. The van der Waals surface area contributed by atoms with Crippen molar-refractivity contribution in [1.82, 2.24) is 9.71 Å². The van der Waals surface area contributed by atoms with Gasteiger partial charge in [-0.2, -0.15) is 0 Å². The number of fused-ring (bicyclic) bond motifs is 1. The van der Waals surface area contributed by atoms with Crippen LogP contribution in [0.5, 0.6) is 5.75 Å². The molecule has 1 aromatic heterocycles. The van der Waals surface area contributed by atoms with Gasteiger partial charge in [0, 0.05) is 11.3 Å². The molecule has 0 aliphatic rings. The van der Waals surface area contributed by atoms with E-state index < -0.39 is 16.1 Å². The van der Waals surface area contributed by atoms with Crippen LogP contribution in [0.25, 0.3) is 10.2 Å². The predicted octanol–water partition coefficient (Wildman–Crippen LogP) is 2.75. The fourth-order valence-electron chi connectivity index (χ4n) is 3.66. The fourth-order valence-corrected chi connectivity index (χ4v) is 5.99. The van der Waals surface area contributed by atoms with Crippen molar-refractivity contribution in [3.8, 4) is 5.75 Å². The van der Waals surface area contributed by atoms with E-state index in [0.29, 0.717) is 22.0 Å². The summed E-state index contributed by atoms with van der Waals surface area (Å²) < 4.78 is 35.7. The van der Waals surface area contributed by atoms with E-state index in [9.17, 15) is 13.2 Å². The molecule has 12 heteroatoms. The number of amidine groups is 1. The Kier molecular flexibility index (Phi) is 7.83. The van der Waals surface area contributed by atoms with Crippen molar-refractivity contribution < 1.29 is 17.9 Å². The first-order chi connectivity index (χ1) is 17.7. The summed E-state index contributed by atoms with van der Waals surface area (Å²) in [6.07, 6.45) is 0.280.